The number of carbonyl (C=O) groups excluding carboxylic acids is 1. The van der Waals surface area contributed by atoms with Crippen LogP contribution in [0.1, 0.15) is 26.2 Å². The van der Waals surface area contributed by atoms with E-state index in [0.29, 0.717) is 13.0 Å². The van der Waals surface area contributed by atoms with Crippen LogP contribution in [0.2, 0.25) is 0 Å². The first-order valence-corrected chi connectivity index (χ1v) is 5.06. The molecule has 2 unspecified atom stereocenters. The number of carbonyl (C=O) groups is 2. The molecule has 0 bridgehead atoms. The van der Waals surface area contributed by atoms with Gasteiger partial charge in [-0.2, -0.15) is 0 Å². The van der Waals surface area contributed by atoms with Crippen LogP contribution >= 0.6 is 0 Å². The van der Waals surface area contributed by atoms with Gasteiger partial charge in [-0.3, -0.25) is 4.79 Å². The number of aliphatic carboxylic acids is 1. The fourth-order valence-corrected chi connectivity index (χ4v) is 1.12. The number of rotatable bonds is 4. The Hall–Kier alpha value is -1.50. The predicted octanol–water partition coefficient (Wildman–Crippen LogP) is 1.05. The van der Waals surface area contributed by atoms with Crippen LogP contribution in [0.5, 0.6) is 0 Å². The van der Waals surface area contributed by atoms with Gasteiger partial charge in [-0.15, -0.1) is 0 Å². The molecule has 1 rings (SSSR count). The van der Waals surface area contributed by atoms with E-state index in [1.54, 1.807) is 0 Å². The number of esters is 1. The van der Waals surface area contributed by atoms with E-state index >= 15 is 0 Å². The molecule has 0 radical (unpaired) electrons. The van der Waals surface area contributed by atoms with E-state index in [-0.39, 0.29) is 11.8 Å². The van der Waals surface area contributed by atoms with Crippen molar-refractivity contribution in [2.75, 3.05) is 6.61 Å². The summed E-state index contributed by atoms with van der Waals surface area (Å²) in [6, 6.07) is 0. The molecule has 0 amide bonds. The predicted molar refractivity (Wildman–Crippen MR) is 52.9 cm³/mol. The molecule has 1 fully saturated rings. The second-order valence-electron chi connectivity index (χ2n) is 3.55. The van der Waals surface area contributed by atoms with Crippen molar-refractivity contribution in [1.29, 1.82) is 0 Å². The van der Waals surface area contributed by atoms with Crippen molar-refractivity contribution in [3.63, 3.8) is 0 Å². The molecule has 0 saturated heterocycles. The average Bonchev–Trinajstić information content (AvgIpc) is 2.94. The van der Waals surface area contributed by atoms with E-state index in [2.05, 4.69) is 11.8 Å². The van der Waals surface area contributed by atoms with Crippen LogP contribution in [0.3, 0.4) is 0 Å². The van der Waals surface area contributed by atoms with Gasteiger partial charge >= 0.3 is 11.9 Å². The summed E-state index contributed by atoms with van der Waals surface area (Å²) in [5, 5.41) is 8.58. The Morgan fingerprint density at radius 2 is 2.27 bits per heavy atom. The lowest BCUT2D eigenvalue weighted by Crippen LogP contribution is -2.03. The third-order valence-electron chi connectivity index (χ3n) is 2.20. The minimum Gasteiger partial charge on any atom is -0.481 e. The Bertz CT molecular complexity index is 310. The number of carboxylic acids is 1. The maximum Gasteiger partial charge on any atom is 0.384 e. The van der Waals surface area contributed by atoms with Gasteiger partial charge in [0.05, 0.1) is 12.5 Å². The van der Waals surface area contributed by atoms with Crippen LogP contribution in [-0.4, -0.2) is 23.7 Å². The maximum absolute atomic E-state index is 11.0. The molecule has 0 aromatic carbocycles. The largest absolute Gasteiger partial charge is 0.481 e. The van der Waals surface area contributed by atoms with Crippen molar-refractivity contribution in [2.45, 2.75) is 26.2 Å². The minimum absolute atomic E-state index is 0.166. The number of hydrogen-bond acceptors (Lipinski definition) is 3. The van der Waals surface area contributed by atoms with E-state index in [9.17, 15) is 9.59 Å². The van der Waals surface area contributed by atoms with Gasteiger partial charge in [0.25, 0.3) is 0 Å². The lowest BCUT2D eigenvalue weighted by Gasteiger charge is -1.96. The van der Waals surface area contributed by atoms with Crippen molar-refractivity contribution in [1.82, 2.24) is 0 Å². The topological polar surface area (TPSA) is 63.6 Å². The normalized spacial score (nSPS) is 22.5. The Morgan fingerprint density at radius 3 is 2.80 bits per heavy atom. The van der Waals surface area contributed by atoms with E-state index in [1.807, 2.05) is 6.92 Å². The second-order valence-corrected chi connectivity index (χ2v) is 3.55. The fourth-order valence-electron chi connectivity index (χ4n) is 1.12. The summed E-state index contributed by atoms with van der Waals surface area (Å²) >= 11 is 0. The molecule has 1 aliphatic rings. The Kier molecular flexibility index (Phi) is 4.17. The summed E-state index contributed by atoms with van der Waals surface area (Å²) in [6.45, 7) is 2.39. The van der Waals surface area contributed by atoms with Crippen LogP contribution in [0.15, 0.2) is 0 Å². The second kappa shape index (κ2) is 5.40. The van der Waals surface area contributed by atoms with E-state index in [0.717, 1.165) is 12.8 Å². The number of ether oxygens (including phenoxy) is 1. The smallest absolute Gasteiger partial charge is 0.384 e. The van der Waals surface area contributed by atoms with Gasteiger partial charge in [0.2, 0.25) is 0 Å². The third kappa shape index (κ3) is 4.03. The Morgan fingerprint density at radius 1 is 1.53 bits per heavy atom. The summed E-state index contributed by atoms with van der Waals surface area (Å²) in [5.41, 5.74) is 0. The Balaban J connectivity index is 2.21. The quantitative estimate of drug-likeness (QED) is 0.326. The highest BCUT2D eigenvalue weighted by Crippen LogP contribution is 2.37. The van der Waals surface area contributed by atoms with Gasteiger partial charge in [-0.05, 0) is 12.8 Å². The molecule has 0 spiro atoms. The van der Waals surface area contributed by atoms with Gasteiger partial charge in [0.1, 0.15) is 0 Å². The van der Waals surface area contributed by atoms with E-state index in [1.165, 1.54) is 0 Å². The van der Waals surface area contributed by atoms with Gasteiger partial charge in [0.15, 0.2) is 0 Å². The molecule has 0 aromatic rings. The van der Waals surface area contributed by atoms with Crippen molar-refractivity contribution < 1.29 is 19.4 Å². The van der Waals surface area contributed by atoms with Crippen LogP contribution < -0.4 is 0 Å². The molecule has 0 aliphatic heterocycles. The number of carboxylic acid groups (broad SMARTS) is 1. The number of hydrogen-bond donors (Lipinski definition) is 1. The molecule has 1 aliphatic carbocycles. The summed E-state index contributed by atoms with van der Waals surface area (Å²) in [6.07, 6.45) is 2.34. The molecule has 0 heterocycles. The summed E-state index contributed by atoms with van der Waals surface area (Å²) < 4.78 is 4.80. The van der Waals surface area contributed by atoms with E-state index in [4.69, 9.17) is 9.84 Å². The molecule has 4 nitrogen and oxygen atoms in total. The Labute approximate surface area is 88.6 Å². The van der Waals surface area contributed by atoms with Crippen molar-refractivity contribution in [3.8, 4) is 11.8 Å². The molecule has 4 heteroatoms. The average molecular weight is 210 g/mol. The van der Waals surface area contributed by atoms with Crippen LogP contribution in [-0.2, 0) is 14.3 Å². The fraction of sp³-hybridized carbons (Fsp3) is 0.636. The first-order valence-electron chi connectivity index (χ1n) is 5.06. The molecular formula is C11H14O4. The lowest BCUT2D eigenvalue weighted by molar-refractivity contribution is -0.139. The third-order valence-corrected chi connectivity index (χ3v) is 2.20. The SMILES string of the molecule is CCCCOC(=O)C#CC1CC1C(=O)O. The highest BCUT2D eigenvalue weighted by molar-refractivity contribution is 5.88. The molecule has 15 heavy (non-hydrogen) atoms. The van der Waals surface area contributed by atoms with E-state index < -0.39 is 11.9 Å². The molecule has 2 atom stereocenters. The molecule has 0 aromatic heterocycles. The van der Waals surface area contributed by atoms with Crippen LogP contribution in [0, 0.1) is 23.7 Å². The molecule has 82 valence electrons. The first-order chi connectivity index (χ1) is 7.15. The number of unbranched alkanes of at least 4 members (excludes halogenated alkanes) is 1. The molecule has 1 N–H and O–H groups in total. The maximum atomic E-state index is 11.0. The van der Waals surface area contributed by atoms with Crippen LogP contribution in [0.4, 0.5) is 0 Å². The monoisotopic (exact) mass is 210 g/mol. The zero-order valence-corrected chi connectivity index (χ0v) is 8.66. The molecule has 1 saturated carbocycles. The van der Waals surface area contributed by atoms with Crippen LogP contribution in [0.25, 0.3) is 0 Å². The first kappa shape index (κ1) is 11.6. The van der Waals surface area contributed by atoms with Crippen molar-refractivity contribution in [3.05, 3.63) is 0 Å². The van der Waals surface area contributed by atoms with Gasteiger partial charge < -0.3 is 9.84 Å². The lowest BCUT2D eigenvalue weighted by atomic mass is 10.3. The zero-order chi connectivity index (χ0) is 11.3. The zero-order valence-electron chi connectivity index (χ0n) is 8.66. The minimum atomic E-state index is -0.839. The van der Waals surface area contributed by atoms with Crippen molar-refractivity contribution in [2.24, 2.45) is 11.8 Å². The highest BCUT2D eigenvalue weighted by Gasteiger charge is 2.42. The van der Waals surface area contributed by atoms with Gasteiger partial charge in [-0.25, -0.2) is 4.79 Å². The van der Waals surface area contributed by atoms with Gasteiger partial charge in [-0.1, -0.05) is 19.3 Å². The summed E-state index contributed by atoms with van der Waals surface area (Å²) in [5.74, 6) is 2.97. The highest BCUT2D eigenvalue weighted by atomic mass is 16.5. The van der Waals surface area contributed by atoms with Gasteiger partial charge in [0, 0.05) is 11.8 Å². The summed E-state index contributed by atoms with van der Waals surface area (Å²) in [4.78, 5) is 21.4. The standard InChI is InChI=1S/C11H14O4/c1-2-3-6-15-10(12)5-4-8-7-9(8)11(13)14/h8-9H,2-3,6-7H2,1H3,(H,13,14). The summed E-state index contributed by atoms with van der Waals surface area (Å²) in [7, 11) is 0. The van der Waals surface area contributed by atoms with Crippen molar-refractivity contribution >= 4 is 11.9 Å². The molecular weight excluding hydrogens is 196 g/mol.